The van der Waals surface area contributed by atoms with E-state index in [4.69, 9.17) is 14.9 Å². The summed E-state index contributed by atoms with van der Waals surface area (Å²) in [7, 11) is -4.15. The van der Waals surface area contributed by atoms with Crippen LogP contribution in [0.3, 0.4) is 0 Å². The van der Waals surface area contributed by atoms with E-state index in [9.17, 15) is 9.36 Å². The number of hydrogen-bond donors (Lipinski definition) is 4. The van der Waals surface area contributed by atoms with Gasteiger partial charge in [-0.05, 0) is 13.3 Å². The molecule has 0 amide bonds. The van der Waals surface area contributed by atoms with Crippen molar-refractivity contribution in [1.82, 2.24) is 9.55 Å². The number of carboxylic acid groups (broad SMARTS) is 1. The fourth-order valence-electron chi connectivity index (χ4n) is 2.12. The summed E-state index contributed by atoms with van der Waals surface area (Å²) in [4.78, 5) is 32.8. The van der Waals surface area contributed by atoms with Crippen molar-refractivity contribution in [2.24, 2.45) is 0 Å². The zero-order valence-corrected chi connectivity index (χ0v) is 10.5. The van der Waals surface area contributed by atoms with Crippen LogP contribution in [-0.2, 0) is 4.57 Å². The molecule has 0 bridgehead atoms. The third kappa shape index (κ3) is 2.72. The van der Waals surface area contributed by atoms with Crippen LogP contribution >= 0.6 is 7.60 Å². The first-order chi connectivity index (χ1) is 8.26. The number of aromatic carboxylic acids is 1. The van der Waals surface area contributed by atoms with Crippen LogP contribution in [0.25, 0.3) is 0 Å². The van der Waals surface area contributed by atoms with E-state index < -0.39 is 19.6 Å². The van der Waals surface area contributed by atoms with E-state index in [0.717, 1.165) is 0 Å². The van der Waals surface area contributed by atoms with Crippen molar-refractivity contribution < 1.29 is 24.3 Å². The molecule has 1 aromatic heterocycles. The predicted molar refractivity (Wildman–Crippen MR) is 62.8 cm³/mol. The SMILES string of the molecule is CC1CC(CP(=O)(O)O)n2cc(C(=O)O)nc2N1. The third-order valence-corrected chi connectivity index (χ3v) is 3.69. The Kier molecular flexibility index (Phi) is 3.18. The topological polar surface area (TPSA) is 125 Å². The minimum absolute atomic E-state index is 0.0157. The highest BCUT2D eigenvalue weighted by molar-refractivity contribution is 7.51. The number of nitrogens with one attached hydrogen (secondary N) is 1. The van der Waals surface area contributed by atoms with Crippen LogP contribution in [0.1, 0.15) is 29.9 Å². The third-order valence-electron chi connectivity index (χ3n) is 2.79. The van der Waals surface area contributed by atoms with Crippen molar-refractivity contribution in [1.29, 1.82) is 0 Å². The number of aromatic nitrogens is 2. The first-order valence-corrected chi connectivity index (χ1v) is 7.19. The van der Waals surface area contributed by atoms with Crippen LogP contribution < -0.4 is 5.32 Å². The zero-order chi connectivity index (χ0) is 13.5. The lowest BCUT2D eigenvalue weighted by Crippen LogP contribution is -2.31. The summed E-state index contributed by atoms with van der Waals surface area (Å²) in [5.74, 6) is -0.828. The summed E-state index contributed by atoms with van der Waals surface area (Å²) in [5, 5.41) is 11.8. The Bertz CT molecular complexity index is 522. The second-order valence-corrected chi connectivity index (χ2v) is 6.14. The number of rotatable bonds is 3. The fourth-order valence-corrected chi connectivity index (χ4v) is 2.99. The molecule has 2 rings (SSSR count). The lowest BCUT2D eigenvalue weighted by Gasteiger charge is -2.30. The lowest BCUT2D eigenvalue weighted by atomic mass is 10.1. The quantitative estimate of drug-likeness (QED) is 0.592. The molecule has 4 N–H and O–H groups in total. The highest BCUT2D eigenvalue weighted by atomic mass is 31.2. The van der Waals surface area contributed by atoms with Gasteiger partial charge in [0.1, 0.15) is 0 Å². The lowest BCUT2D eigenvalue weighted by molar-refractivity contribution is 0.0691. The van der Waals surface area contributed by atoms with Gasteiger partial charge in [-0.15, -0.1) is 0 Å². The average Bonchev–Trinajstić information content (AvgIpc) is 2.58. The van der Waals surface area contributed by atoms with Crippen molar-refractivity contribution in [2.45, 2.75) is 25.4 Å². The number of anilines is 1. The summed E-state index contributed by atoms with van der Waals surface area (Å²) in [5.41, 5.74) is -0.137. The molecule has 100 valence electrons. The van der Waals surface area contributed by atoms with Crippen LogP contribution in [0.4, 0.5) is 5.95 Å². The minimum Gasteiger partial charge on any atom is -0.476 e. The Morgan fingerprint density at radius 2 is 2.33 bits per heavy atom. The molecule has 2 atom stereocenters. The van der Waals surface area contributed by atoms with E-state index >= 15 is 0 Å². The Hall–Kier alpha value is -1.37. The van der Waals surface area contributed by atoms with Crippen molar-refractivity contribution in [2.75, 3.05) is 11.5 Å². The maximum absolute atomic E-state index is 11.1. The molecule has 2 heterocycles. The van der Waals surface area contributed by atoms with Gasteiger partial charge in [-0.1, -0.05) is 0 Å². The van der Waals surface area contributed by atoms with Gasteiger partial charge in [-0.2, -0.15) is 0 Å². The van der Waals surface area contributed by atoms with E-state index in [0.29, 0.717) is 12.4 Å². The number of nitrogens with zero attached hydrogens (tertiary/aromatic N) is 2. The molecule has 1 aliphatic rings. The predicted octanol–water partition coefficient (Wildman–Crippen LogP) is 0.504. The van der Waals surface area contributed by atoms with Crippen LogP contribution in [0.15, 0.2) is 6.20 Å². The van der Waals surface area contributed by atoms with Gasteiger partial charge in [0.2, 0.25) is 5.95 Å². The maximum Gasteiger partial charge on any atom is 0.356 e. The standard InChI is InChI=1S/C9H14N3O5P/c1-5-2-6(4-18(15,16)17)12-3-7(8(13)14)11-9(12)10-5/h3,5-6H,2,4H2,1H3,(H,10,11)(H,13,14)(H2,15,16,17). The largest absolute Gasteiger partial charge is 0.476 e. The van der Waals surface area contributed by atoms with Crippen molar-refractivity contribution in [3.05, 3.63) is 11.9 Å². The molecule has 0 fully saturated rings. The first kappa shape index (κ1) is 13.1. The second-order valence-electron chi connectivity index (χ2n) is 4.44. The molecular weight excluding hydrogens is 261 g/mol. The molecule has 0 saturated carbocycles. The van der Waals surface area contributed by atoms with Gasteiger partial charge >= 0.3 is 13.6 Å². The van der Waals surface area contributed by atoms with Gasteiger partial charge < -0.3 is 24.8 Å². The van der Waals surface area contributed by atoms with Crippen LogP contribution in [0.2, 0.25) is 0 Å². The number of imidazole rings is 1. The average molecular weight is 275 g/mol. The first-order valence-electron chi connectivity index (χ1n) is 5.39. The minimum atomic E-state index is -4.15. The Labute approximate surface area is 103 Å². The molecule has 9 heteroatoms. The van der Waals surface area contributed by atoms with Gasteiger partial charge in [-0.25, -0.2) is 9.78 Å². The Balaban J connectivity index is 2.35. The van der Waals surface area contributed by atoms with Crippen LogP contribution in [0.5, 0.6) is 0 Å². The van der Waals surface area contributed by atoms with Crippen LogP contribution in [0, 0.1) is 0 Å². The summed E-state index contributed by atoms with van der Waals surface area (Å²) >= 11 is 0. The van der Waals surface area contributed by atoms with Crippen LogP contribution in [-0.4, -0.2) is 42.6 Å². The normalized spacial score (nSPS) is 23.3. The number of fused-ring (bicyclic) bond motifs is 1. The summed E-state index contributed by atoms with van der Waals surface area (Å²) in [6, 6.07) is -0.462. The molecule has 8 nitrogen and oxygen atoms in total. The van der Waals surface area contributed by atoms with E-state index in [1.165, 1.54) is 10.8 Å². The molecule has 0 aromatic carbocycles. The fraction of sp³-hybridized carbons (Fsp3) is 0.556. The number of hydrogen-bond acceptors (Lipinski definition) is 4. The van der Waals surface area contributed by atoms with Gasteiger partial charge in [0.05, 0.1) is 6.16 Å². The van der Waals surface area contributed by atoms with Crippen molar-refractivity contribution in [3.63, 3.8) is 0 Å². The molecule has 0 spiro atoms. The van der Waals surface area contributed by atoms with E-state index in [1.807, 2.05) is 6.92 Å². The van der Waals surface area contributed by atoms with Gasteiger partial charge in [0, 0.05) is 18.3 Å². The van der Waals surface area contributed by atoms with Crippen molar-refractivity contribution >= 4 is 19.5 Å². The zero-order valence-electron chi connectivity index (χ0n) is 9.65. The molecular formula is C9H14N3O5P. The Morgan fingerprint density at radius 1 is 1.67 bits per heavy atom. The Morgan fingerprint density at radius 3 is 2.89 bits per heavy atom. The second kappa shape index (κ2) is 4.38. The molecule has 2 unspecified atom stereocenters. The highest BCUT2D eigenvalue weighted by Crippen LogP contribution is 2.42. The number of carbonyl (C=O) groups is 1. The smallest absolute Gasteiger partial charge is 0.356 e. The summed E-state index contributed by atoms with van der Waals surface area (Å²) in [6.45, 7) is 1.85. The monoisotopic (exact) mass is 275 g/mol. The van der Waals surface area contributed by atoms with E-state index in [-0.39, 0.29) is 17.9 Å². The molecule has 0 saturated heterocycles. The molecule has 18 heavy (non-hydrogen) atoms. The molecule has 1 aromatic rings. The molecule has 1 aliphatic heterocycles. The van der Waals surface area contributed by atoms with Gasteiger partial charge in [-0.3, -0.25) is 4.57 Å². The van der Waals surface area contributed by atoms with Crippen molar-refractivity contribution in [3.8, 4) is 0 Å². The van der Waals surface area contributed by atoms with E-state index in [1.54, 1.807) is 0 Å². The number of carboxylic acids is 1. The maximum atomic E-state index is 11.1. The molecule has 0 aliphatic carbocycles. The highest BCUT2D eigenvalue weighted by Gasteiger charge is 2.31. The van der Waals surface area contributed by atoms with E-state index in [2.05, 4.69) is 10.3 Å². The van der Waals surface area contributed by atoms with Gasteiger partial charge in [0.25, 0.3) is 0 Å². The van der Waals surface area contributed by atoms with Gasteiger partial charge in [0.15, 0.2) is 5.69 Å². The molecule has 0 radical (unpaired) electrons. The summed E-state index contributed by atoms with van der Waals surface area (Å²) in [6.07, 6.45) is 1.49. The summed E-state index contributed by atoms with van der Waals surface area (Å²) < 4.78 is 12.6.